The third-order valence-electron chi connectivity index (χ3n) is 4.31. The topological polar surface area (TPSA) is 60.6 Å². The molecule has 1 saturated heterocycles. The number of morpholine rings is 1. The Hall–Kier alpha value is -1.92. The van der Waals surface area contributed by atoms with E-state index in [1.165, 1.54) is 0 Å². The second-order valence-electron chi connectivity index (χ2n) is 5.75. The van der Waals surface area contributed by atoms with E-state index in [1.54, 1.807) is 7.11 Å². The molecule has 2 aromatic rings. The Kier molecular flexibility index (Phi) is 4.93. The molecule has 0 spiro atoms. The highest BCUT2D eigenvalue weighted by Crippen LogP contribution is 2.26. The number of ether oxygens (including phenoxy) is 2. The van der Waals surface area contributed by atoms with Gasteiger partial charge in [-0.05, 0) is 37.6 Å². The highest BCUT2D eigenvalue weighted by molar-refractivity contribution is 5.53. The molecule has 1 fully saturated rings. The molecule has 1 aliphatic heterocycles. The molecule has 1 aromatic heterocycles. The molecule has 1 aromatic carbocycles. The Balaban J connectivity index is 1.72. The normalized spacial score (nSPS) is 20.4. The van der Waals surface area contributed by atoms with Gasteiger partial charge >= 0.3 is 0 Å². The van der Waals surface area contributed by atoms with E-state index in [9.17, 15) is 0 Å². The first kappa shape index (κ1) is 16.0. The van der Waals surface area contributed by atoms with Gasteiger partial charge in [-0.1, -0.05) is 6.92 Å². The first-order chi connectivity index (χ1) is 11.2. The summed E-state index contributed by atoms with van der Waals surface area (Å²) in [5.74, 6) is 1.99. The summed E-state index contributed by atoms with van der Waals surface area (Å²) in [7, 11) is 1.65. The van der Waals surface area contributed by atoms with Crippen LogP contribution >= 0.6 is 0 Å². The van der Waals surface area contributed by atoms with Crippen LogP contribution in [0.15, 0.2) is 28.7 Å². The molecule has 0 N–H and O–H groups in total. The average molecular weight is 317 g/mol. The highest BCUT2D eigenvalue weighted by Gasteiger charge is 2.27. The van der Waals surface area contributed by atoms with E-state index in [0.717, 1.165) is 37.4 Å². The second-order valence-corrected chi connectivity index (χ2v) is 5.75. The first-order valence-corrected chi connectivity index (χ1v) is 8.04. The minimum absolute atomic E-state index is 0.0902. The largest absolute Gasteiger partial charge is 0.497 e. The van der Waals surface area contributed by atoms with Gasteiger partial charge in [0.2, 0.25) is 11.8 Å². The lowest BCUT2D eigenvalue weighted by atomic mass is 10.2. The van der Waals surface area contributed by atoms with Crippen LogP contribution in [0.3, 0.4) is 0 Å². The van der Waals surface area contributed by atoms with Crippen LogP contribution in [-0.4, -0.2) is 48.0 Å². The van der Waals surface area contributed by atoms with Crippen molar-refractivity contribution in [1.29, 1.82) is 0 Å². The molecule has 23 heavy (non-hydrogen) atoms. The quantitative estimate of drug-likeness (QED) is 0.845. The molecule has 0 bridgehead atoms. The fourth-order valence-corrected chi connectivity index (χ4v) is 2.75. The molecular weight excluding hydrogens is 294 g/mol. The summed E-state index contributed by atoms with van der Waals surface area (Å²) in [5.41, 5.74) is 0.894. The molecule has 0 radical (unpaired) electrons. The van der Waals surface area contributed by atoms with Gasteiger partial charge < -0.3 is 13.9 Å². The number of rotatable bonds is 5. The smallest absolute Gasteiger partial charge is 0.247 e. The van der Waals surface area contributed by atoms with Crippen LogP contribution in [0.1, 0.15) is 32.2 Å². The van der Waals surface area contributed by atoms with Crippen molar-refractivity contribution < 1.29 is 13.9 Å². The molecule has 0 aliphatic carbocycles. The Bertz CT molecular complexity index is 626. The maximum Gasteiger partial charge on any atom is 0.247 e. The van der Waals surface area contributed by atoms with Gasteiger partial charge in [-0.2, -0.15) is 0 Å². The third kappa shape index (κ3) is 3.54. The van der Waals surface area contributed by atoms with E-state index in [4.69, 9.17) is 13.9 Å². The first-order valence-electron chi connectivity index (χ1n) is 8.04. The lowest BCUT2D eigenvalue weighted by Gasteiger charge is -2.35. The summed E-state index contributed by atoms with van der Waals surface area (Å²) >= 11 is 0. The van der Waals surface area contributed by atoms with E-state index in [2.05, 4.69) is 28.9 Å². The molecule has 6 heteroatoms. The van der Waals surface area contributed by atoms with Crippen LogP contribution in [0.2, 0.25) is 0 Å². The van der Waals surface area contributed by atoms with Crippen LogP contribution < -0.4 is 4.74 Å². The Morgan fingerprint density at radius 1 is 1.30 bits per heavy atom. The predicted molar refractivity (Wildman–Crippen MR) is 86.3 cm³/mol. The van der Waals surface area contributed by atoms with Crippen molar-refractivity contribution >= 4 is 0 Å². The van der Waals surface area contributed by atoms with Crippen LogP contribution in [0.4, 0.5) is 0 Å². The zero-order chi connectivity index (χ0) is 16.2. The number of aromatic nitrogens is 2. The van der Waals surface area contributed by atoms with Gasteiger partial charge in [0.05, 0.1) is 25.9 Å². The van der Waals surface area contributed by atoms with Gasteiger partial charge in [-0.25, -0.2) is 0 Å². The second kappa shape index (κ2) is 7.10. The van der Waals surface area contributed by atoms with E-state index in [1.807, 2.05) is 24.3 Å². The Morgan fingerprint density at radius 2 is 2.09 bits per heavy atom. The van der Waals surface area contributed by atoms with Crippen molar-refractivity contribution in [1.82, 2.24) is 15.1 Å². The van der Waals surface area contributed by atoms with E-state index in [0.29, 0.717) is 11.8 Å². The van der Waals surface area contributed by atoms with Crippen molar-refractivity contribution in [2.24, 2.45) is 0 Å². The summed E-state index contributed by atoms with van der Waals surface area (Å²) in [6.45, 7) is 6.79. The fraction of sp³-hybridized carbons (Fsp3) is 0.529. The van der Waals surface area contributed by atoms with Crippen LogP contribution in [0.25, 0.3) is 11.5 Å². The van der Waals surface area contributed by atoms with Crippen molar-refractivity contribution in [3.05, 3.63) is 30.2 Å². The van der Waals surface area contributed by atoms with Gasteiger partial charge in [0.15, 0.2) is 0 Å². The van der Waals surface area contributed by atoms with Gasteiger partial charge in [0, 0.05) is 18.7 Å². The van der Waals surface area contributed by atoms with Gasteiger partial charge in [-0.15, -0.1) is 10.2 Å². The summed E-state index contributed by atoms with van der Waals surface area (Å²) in [6.07, 6.45) is 1.31. The van der Waals surface area contributed by atoms with Gasteiger partial charge in [-0.3, -0.25) is 4.90 Å². The molecule has 0 saturated carbocycles. The lowest BCUT2D eigenvalue weighted by Crippen LogP contribution is -2.43. The molecule has 2 atom stereocenters. The molecule has 2 unspecified atom stereocenters. The molecule has 0 amide bonds. The Labute approximate surface area is 136 Å². The molecule has 1 aliphatic rings. The van der Waals surface area contributed by atoms with E-state index < -0.39 is 0 Å². The molecule has 2 heterocycles. The summed E-state index contributed by atoms with van der Waals surface area (Å²) < 4.78 is 16.8. The Morgan fingerprint density at radius 3 is 2.78 bits per heavy atom. The van der Waals surface area contributed by atoms with Crippen molar-refractivity contribution in [2.75, 3.05) is 26.8 Å². The number of methoxy groups -OCH3 is 1. The van der Waals surface area contributed by atoms with Crippen LogP contribution in [-0.2, 0) is 4.74 Å². The maximum absolute atomic E-state index is 5.88. The zero-order valence-electron chi connectivity index (χ0n) is 13.9. The molecule has 3 rings (SSSR count). The molecular formula is C17H23N3O3. The predicted octanol–water partition coefficient (Wildman–Crippen LogP) is 2.92. The zero-order valence-corrected chi connectivity index (χ0v) is 13.9. The average Bonchev–Trinajstić information content (AvgIpc) is 3.11. The monoisotopic (exact) mass is 317 g/mol. The van der Waals surface area contributed by atoms with E-state index >= 15 is 0 Å². The van der Waals surface area contributed by atoms with Crippen molar-refractivity contribution in [3.63, 3.8) is 0 Å². The standard InChI is InChI=1S/C17H23N3O3/c1-4-14-11-20(9-10-22-14)12(2)16-18-19-17(23-16)13-5-7-15(21-3)8-6-13/h5-8,12,14H,4,9-11H2,1-3H3. The van der Waals surface area contributed by atoms with E-state index in [-0.39, 0.29) is 12.1 Å². The summed E-state index contributed by atoms with van der Waals surface area (Å²) in [6, 6.07) is 7.70. The maximum atomic E-state index is 5.88. The number of hydrogen-bond donors (Lipinski definition) is 0. The fourth-order valence-electron chi connectivity index (χ4n) is 2.75. The lowest BCUT2D eigenvalue weighted by molar-refractivity contribution is -0.0456. The number of hydrogen-bond acceptors (Lipinski definition) is 6. The third-order valence-corrected chi connectivity index (χ3v) is 4.31. The minimum Gasteiger partial charge on any atom is -0.497 e. The van der Waals surface area contributed by atoms with Crippen molar-refractivity contribution in [3.8, 4) is 17.2 Å². The number of nitrogens with zero attached hydrogens (tertiary/aromatic N) is 3. The summed E-state index contributed by atoms with van der Waals surface area (Å²) in [5, 5.41) is 8.41. The molecule has 6 nitrogen and oxygen atoms in total. The summed E-state index contributed by atoms with van der Waals surface area (Å²) in [4.78, 5) is 2.34. The minimum atomic E-state index is 0.0902. The van der Waals surface area contributed by atoms with Gasteiger partial charge in [0.1, 0.15) is 5.75 Å². The SMILES string of the molecule is CCC1CN(C(C)c2nnc(-c3ccc(OC)cc3)o2)CCO1. The van der Waals surface area contributed by atoms with Crippen molar-refractivity contribution in [2.45, 2.75) is 32.4 Å². The molecule has 124 valence electrons. The van der Waals surface area contributed by atoms with Crippen LogP contribution in [0.5, 0.6) is 5.75 Å². The van der Waals surface area contributed by atoms with Gasteiger partial charge in [0.25, 0.3) is 0 Å². The highest BCUT2D eigenvalue weighted by atomic mass is 16.5. The number of benzene rings is 1. The van der Waals surface area contributed by atoms with Crippen LogP contribution in [0, 0.1) is 0 Å².